The van der Waals surface area contributed by atoms with Gasteiger partial charge in [-0.2, -0.15) is 0 Å². The first-order valence-electron chi connectivity index (χ1n) is 6.64. The molecule has 1 aromatic carbocycles. The molecule has 1 saturated heterocycles. The van der Waals surface area contributed by atoms with E-state index in [1.807, 2.05) is 0 Å². The van der Waals surface area contributed by atoms with E-state index in [9.17, 15) is 14.7 Å². The van der Waals surface area contributed by atoms with Crippen LogP contribution < -0.4 is 5.73 Å². The lowest BCUT2D eigenvalue weighted by atomic mass is 10.0. The molecular weight excluding hydrogens is 276 g/mol. The summed E-state index contributed by atoms with van der Waals surface area (Å²) in [6, 6.07) is 5.70. The number of morpholine rings is 1. The lowest BCUT2D eigenvalue weighted by molar-refractivity contribution is -0.159. The number of aliphatic carboxylic acids is 1. The number of carbonyl (C=O) groups is 2. The van der Waals surface area contributed by atoms with Crippen LogP contribution in [-0.4, -0.2) is 58.8 Å². The average molecular weight is 294 g/mol. The van der Waals surface area contributed by atoms with E-state index in [1.165, 1.54) is 17.0 Å². The highest BCUT2D eigenvalue weighted by Gasteiger charge is 2.31. The van der Waals surface area contributed by atoms with Gasteiger partial charge in [0.25, 0.3) is 0 Å². The van der Waals surface area contributed by atoms with E-state index in [-0.39, 0.29) is 24.8 Å². The maximum absolute atomic E-state index is 12.2. The summed E-state index contributed by atoms with van der Waals surface area (Å²) in [5, 5.41) is 18.1. The molecule has 0 aliphatic carbocycles. The van der Waals surface area contributed by atoms with Gasteiger partial charge in [0.05, 0.1) is 19.2 Å². The number of hydrogen-bond acceptors (Lipinski definition) is 5. The summed E-state index contributed by atoms with van der Waals surface area (Å²) in [5.41, 5.74) is 6.73. The number of amides is 1. The number of benzene rings is 1. The number of carboxylic acid groups (broad SMARTS) is 1. The number of hydrogen-bond donors (Lipinski definition) is 3. The maximum atomic E-state index is 12.2. The lowest BCUT2D eigenvalue weighted by Gasteiger charge is -2.32. The molecule has 2 rings (SSSR count). The van der Waals surface area contributed by atoms with Crippen LogP contribution >= 0.6 is 0 Å². The minimum absolute atomic E-state index is 0.0114. The van der Waals surface area contributed by atoms with Crippen LogP contribution in [0.1, 0.15) is 5.56 Å². The van der Waals surface area contributed by atoms with E-state index in [2.05, 4.69) is 0 Å². The maximum Gasteiger partial charge on any atom is 0.334 e. The minimum atomic E-state index is -1.08. The fourth-order valence-electron chi connectivity index (χ4n) is 2.21. The van der Waals surface area contributed by atoms with E-state index < -0.39 is 18.1 Å². The van der Waals surface area contributed by atoms with Crippen molar-refractivity contribution in [2.75, 3.05) is 19.7 Å². The summed E-state index contributed by atoms with van der Waals surface area (Å²) in [7, 11) is 0. The first kappa shape index (κ1) is 15.3. The second-order valence-electron chi connectivity index (χ2n) is 4.96. The van der Waals surface area contributed by atoms with Crippen LogP contribution in [0.25, 0.3) is 0 Å². The Morgan fingerprint density at radius 3 is 2.67 bits per heavy atom. The van der Waals surface area contributed by atoms with Crippen molar-refractivity contribution < 1.29 is 24.5 Å². The van der Waals surface area contributed by atoms with E-state index in [4.69, 9.17) is 15.6 Å². The van der Waals surface area contributed by atoms with Gasteiger partial charge in [0.2, 0.25) is 5.91 Å². The Morgan fingerprint density at radius 2 is 2.05 bits per heavy atom. The van der Waals surface area contributed by atoms with Crippen molar-refractivity contribution in [3.8, 4) is 5.75 Å². The van der Waals surface area contributed by atoms with Crippen LogP contribution in [0, 0.1) is 0 Å². The zero-order valence-electron chi connectivity index (χ0n) is 11.4. The molecule has 21 heavy (non-hydrogen) atoms. The van der Waals surface area contributed by atoms with Gasteiger partial charge in [0.1, 0.15) is 5.75 Å². The van der Waals surface area contributed by atoms with Gasteiger partial charge in [0, 0.05) is 6.54 Å². The van der Waals surface area contributed by atoms with Gasteiger partial charge in [-0.1, -0.05) is 12.1 Å². The predicted octanol–water partition coefficient (Wildman–Crippen LogP) is -0.426. The molecule has 2 atom stereocenters. The molecule has 1 aliphatic rings. The number of phenolic OH excluding ortho intramolecular Hbond substituents is 1. The van der Waals surface area contributed by atoms with E-state index in [1.54, 1.807) is 12.1 Å². The third kappa shape index (κ3) is 3.93. The predicted molar refractivity (Wildman–Crippen MR) is 73.7 cm³/mol. The van der Waals surface area contributed by atoms with Gasteiger partial charge < -0.3 is 25.6 Å². The van der Waals surface area contributed by atoms with Crippen LogP contribution in [0.15, 0.2) is 24.3 Å². The van der Waals surface area contributed by atoms with Gasteiger partial charge >= 0.3 is 5.97 Å². The second kappa shape index (κ2) is 6.55. The lowest BCUT2D eigenvalue weighted by Crippen LogP contribution is -2.53. The molecule has 1 heterocycles. The third-order valence-corrected chi connectivity index (χ3v) is 3.36. The summed E-state index contributed by atoms with van der Waals surface area (Å²) in [5.74, 6) is -1.23. The SMILES string of the molecule is NC(Cc1ccc(O)cc1)C(=O)N1CCOC(C(=O)O)C1. The fraction of sp³-hybridized carbons (Fsp3) is 0.429. The number of carboxylic acids is 1. The summed E-state index contributed by atoms with van der Waals surface area (Å²) < 4.78 is 5.07. The molecular formula is C14H18N2O5. The number of nitrogens with zero attached hydrogens (tertiary/aromatic N) is 1. The quantitative estimate of drug-likeness (QED) is 0.695. The molecule has 1 aromatic rings. The normalized spacial score (nSPS) is 20.0. The third-order valence-electron chi connectivity index (χ3n) is 3.36. The molecule has 0 bridgehead atoms. The highest BCUT2D eigenvalue weighted by atomic mass is 16.5. The zero-order valence-corrected chi connectivity index (χ0v) is 11.4. The highest BCUT2D eigenvalue weighted by molar-refractivity contribution is 5.83. The number of aromatic hydroxyl groups is 1. The zero-order chi connectivity index (χ0) is 15.4. The Balaban J connectivity index is 1.95. The molecule has 7 heteroatoms. The number of nitrogens with two attached hydrogens (primary N) is 1. The molecule has 1 amide bonds. The molecule has 114 valence electrons. The Morgan fingerprint density at radius 1 is 1.38 bits per heavy atom. The number of phenols is 1. The van der Waals surface area contributed by atoms with E-state index in [0.29, 0.717) is 13.0 Å². The van der Waals surface area contributed by atoms with Crippen LogP contribution in [0.2, 0.25) is 0 Å². The second-order valence-corrected chi connectivity index (χ2v) is 4.96. The van der Waals surface area contributed by atoms with Gasteiger partial charge in [-0.25, -0.2) is 4.79 Å². The molecule has 7 nitrogen and oxygen atoms in total. The minimum Gasteiger partial charge on any atom is -0.508 e. The Kier molecular flexibility index (Phi) is 4.77. The molecule has 1 fully saturated rings. The fourth-order valence-corrected chi connectivity index (χ4v) is 2.21. The Hall–Kier alpha value is -2.12. The molecule has 0 radical (unpaired) electrons. The smallest absolute Gasteiger partial charge is 0.334 e. The molecule has 1 aliphatic heterocycles. The van der Waals surface area contributed by atoms with Gasteiger partial charge in [-0.05, 0) is 24.1 Å². The molecule has 0 saturated carbocycles. The van der Waals surface area contributed by atoms with Crippen LogP contribution in [0.4, 0.5) is 0 Å². The topological polar surface area (TPSA) is 113 Å². The monoisotopic (exact) mass is 294 g/mol. The van der Waals surface area contributed by atoms with Crippen molar-refractivity contribution >= 4 is 11.9 Å². The van der Waals surface area contributed by atoms with Crippen molar-refractivity contribution in [1.29, 1.82) is 0 Å². The Labute approximate surface area is 121 Å². The average Bonchev–Trinajstić information content (AvgIpc) is 2.49. The van der Waals surface area contributed by atoms with Crippen molar-refractivity contribution in [3.63, 3.8) is 0 Å². The van der Waals surface area contributed by atoms with Crippen LogP contribution in [0.3, 0.4) is 0 Å². The van der Waals surface area contributed by atoms with Crippen molar-refractivity contribution in [1.82, 2.24) is 4.90 Å². The van der Waals surface area contributed by atoms with E-state index >= 15 is 0 Å². The largest absolute Gasteiger partial charge is 0.508 e. The molecule has 2 unspecified atom stereocenters. The van der Waals surface area contributed by atoms with E-state index in [0.717, 1.165) is 5.56 Å². The summed E-state index contributed by atoms with van der Waals surface area (Å²) in [4.78, 5) is 24.6. The van der Waals surface area contributed by atoms with Crippen molar-refractivity contribution in [2.24, 2.45) is 5.73 Å². The van der Waals surface area contributed by atoms with Crippen molar-refractivity contribution in [3.05, 3.63) is 29.8 Å². The van der Waals surface area contributed by atoms with Gasteiger partial charge in [-0.15, -0.1) is 0 Å². The summed E-state index contributed by atoms with van der Waals surface area (Å²) in [6.45, 7) is 0.540. The summed E-state index contributed by atoms with van der Waals surface area (Å²) in [6.07, 6.45) is -0.669. The van der Waals surface area contributed by atoms with Gasteiger partial charge in [-0.3, -0.25) is 4.79 Å². The first-order chi connectivity index (χ1) is 9.97. The number of carbonyl (C=O) groups excluding carboxylic acids is 1. The van der Waals surface area contributed by atoms with Gasteiger partial charge in [0.15, 0.2) is 6.10 Å². The standard InChI is InChI=1S/C14H18N2O5/c15-11(7-9-1-3-10(17)4-2-9)13(18)16-5-6-21-12(8-16)14(19)20/h1-4,11-12,17H,5-8,15H2,(H,19,20). The van der Waals surface area contributed by atoms with Crippen molar-refractivity contribution in [2.45, 2.75) is 18.6 Å². The Bertz CT molecular complexity index is 517. The molecule has 4 N–H and O–H groups in total. The number of ether oxygens (including phenoxy) is 1. The first-order valence-corrected chi connectivity index (χ1v) is 6.64. The van der Waals surface area contributed by atoms with Crippen LogP contribution in [0.5, 0.6) is 5.75 Å². The number of rotatable bonds is 4. The van der Waals surface area contributed by atoms with Crippen LogP contribution in [-0.2, 0) is 20.7 Å². The molecule has 0 aromatic heterocycles. The molecule has 0 spiro atoms. The highest BCUT2D eigenvalue weighted by Crippen LogP contribution is 2.13. The summed E-state index contributed by atoms with van der Waals surface area (Å²) >= 11 is 0.